The van der Waals surface area contributed by atoms with Crippen molar-refractivity contribution in [2.75, 3.05) is 9.80 Å². The van der Waals surface area contributed by atoms with Gasteiger partial charge in [-0.1, -0.05) is 200 Å². The first-order valence-corrected chi connectivity index (χ1v) is 24.1. The lowest BCUT2D eigenvalue weighted by Gasteiger charge is -2.32. The van der Waals surface area contributed by atoms with Crippen LogP contribution in [0.5, 0.6) is 0 Å². The summed E-state index contributed by atoms with van der Waals surface area (Å²) in [6.07, 6.45) is 21.7. The van der Waals surface area contributed by atoms with Crippen LogP contribution in [0.2, 0.25) is 0 Å². The van der Waals surface area contributed by atoms with Gasteiger partial charge in [0, 0.05) is 40.1 Å². The van der Waals surface area contributed by atoms with Crippen LogP contribution in [0, 0.1) is 5.92 Å². The molecule has 0 saturated carbocycles. The summed E-state index contributed by atoms with van der Waals surface area (Å²) in [4.78, 5) is 4.83. The molecule has 3 aliphatic carbocycles. The van der Waals surface area contributed by atoms with E-state index in [0.717, 1.165) is 54.9 Å². The lowest BCUT2D eigenvalue weighted by molar-refractivity contribution is 0.762. The zero-order chi connectivity index (χ0) is 45.5. The lowest BCUT2D eigenvalue weighted by Crippen LogP contribution is -2.18. The van der Waals surface area contributed by atoms with Crippen LogP contribution < -0.4 is 9.80 Å². The van der Waals surface area contributed by atoms with Gasteiger partial charge in [0.2, 0.25) is 0 Å². The number of para-hydroxylation sites is 2. The molecule has 68 heavy (non-hydrogen) atoms. The molecule has 0 radical (unpaired) electrons. The van der Waals surface area contributed by atoms with Crippen LogP contribution in [0.25, 0.3) is 44.5 Å². The number of nitrogens with zero attached hydrogens (tertiary/aromatic N) is 2. The molecule has 11 rings (SSSR count). The van der Waals surface area contributed by atoms with E-state index in [9.17, 15) is 0 Å². The topological polar surface area (TPSA) is 6.48 Å². The summed E-state index contributed by atoms with van der Waals surface area (Å²) < 4.78 is 0. The van der Waals surface area contributed by atoms with Gasteiger partial charge in [-0.25, -0.2) is 0 Å². The molecular weight excluding hydrogens is 821 g/mol. The molecule has 0 bridgehead atoms. The molecule has 8 aromatic carbocycles. The van der Waals surface area contributed by atoms with Gasteiger partial charge in [-0.15, -0.1) is 0 Å². The second-order valence-corrected chi connectivity index (χ2v) is 17.9. The van der Waals surface area contributed by atoms with Crippen molar-refractivity contribution < 1.29 is 0 Å². The van der Waals surface area contributed by atoms with Crippen molar-refractivity contribution in [3.8, 4) is 33.4 Å². The molecule has 1 atom stereocenters. The Labute approximate surface area is 402 Å². The maximum absolute atomic E-state index is 2.45. The highest BCUT2D eigenvalue weighted by Crippen LogP contribution is 2.43. The first-order valence-electron chi connectivity index (χ1n) is 24.1. The zero-order valence-electron chi connectivity index (χ0n) is 38.3. The Hall–Kier alpha value is -8.20. The van der Waals surface area contributed by atoms with E-state index in [2.05, 4.69) is 271 Å². The van der Waals surface area contributed by atoms with Crippen LogP contribution in [-0.2, 0) is 0 Å². The van der Waals surface area contributed by atoms with Crippen molar-refractivity contribution in [1.29, 1.82) is 0 Å². The van der Waals surface area contributed by atoms with Crippen molar-refractivity contribution in [2.45, 2.75) is 32.1 Å². The summed E-state index contributed by atoms with van der Waals surface area (Å²) in [5, 5.41) is 0. The van der Waals surface area contributed by atoms with Crippen LogP contribution in [0.15, 0.2) is 278 Å². The highest BCUT2D eigenvalue weighted by Gasteiger charge is 2.24. The Morgan fingerprint density at radius 2 is 0.794 bits per heavy atom. The summed E-state index contributed by atoms with van der Waals surface area (Å²) in [6, 6.07) is 79.3. The van der Waals surface area contributed by atoms with Crippen LogP contribution in [-0.4, -0.2) is 0 Å². The van der Waals surface area contributed by atoms with E-state index in [-0.39, 0.29) is 0 Å². The van der Waals surface area contributed by atoms with E-state index in [1.165, 1.54) is 72.6 Å². The predicted octanol–water partition coefficient (Wildman–Crippen LogP) is 18.0. The summed E-state index contributed by atoms with van der Waals surface area (Å²) in [6.45, 7) is 0. The second-order valence-electron chi connectivity index (χ2n) is 17.9. The number of benzene rings is 8. The molecule has 3 aliphatic rings. The average molecular weight is 875 g/mol. The quantitative estimate of drug-likeness (QED) is 0.121. The van der Waals surface area contributed by atoms with Crippen LogP contribution >= 0.6 is 0 Å². The highest BCUT2D eigenvalue weighted by atomic mass is 15.2. The van der Waals surface area contributed by atoms with Crippen molar-refractivity contribution in [2.24, 2.45) is 5.92 Å². The molecule has 2 nitrogen and oxygen atoms in total. The number of hydrogen-bond acceptors (Lipinski definition) is 2. The normalized spacial score (nSPS) is 15.6. The molecule has 0 aliphatic heterocycles. The second kappa shape index (κ2) is 19.7. The minimum atomic E-state index is 0.435. The minimum absolute atomic E-state index is 0.435. The third-order valence-electron chi connectivity index (χ3n) is 13.6. The van der Waals surface area contributed by atoms with Gasteiger partial charge in [0.25, 0.3) is 0 Å². The van der Waals surface area contributed by atoms with Crippen molar-refractivity contribution in [3.63, 3.8) is 0 Å². The van der Waals surface area contributed by atoms with E-state index in [0.29, 0.717) is 5.92 Å². The SMILES string of the molecule is C1=CC(C2C=CC(N(c3ccccc3)c3ccc(-c4ccc(C5=C(c6ccc(-c7ccccc7)cc6)C=C(N(c6ccccc6)c6ccc(-c7ccccc7)cc6)CC5)cc4)cc3)=CC2)=CCC1. The van der Waals surface area contributed by atoms with Crippen LogP contribution in [0.4, 0.5) is 22.7 Å². The van der Waals surface area contributed by atoms with Crippen LogP contribution in [0.3, 0.4) is 0 Å². The molecule has 0 N–H and O–H groups in total. The predicted molar refractivity (Wildman–Crippen MR) is 289 cm³/mol. The molecule has 2 heteroatoms. The summed E-state index contributed by atoms with van der Waals surface area (Å²) >= 11 is 0. The standard InChI is InChI=1S/C66H54N2/c1-6-16-49(17-7-1)52-28-32-58(33-29-52)66-48-64(68(60-24-14-5-15-25-60)63-44-36-55(37-45-63)51-20-10-3-11-21-51)46-47-65(66)57-30-26-53(27-31-57)56-38-42-62(43-39-56)67(59-22-12-4-13-23-59)61-40-34-54(35-41-61)50-18-8-2-9-19-50/h1,3-8,10-34,36-45,48,54H,2,9,35,46-47H2. The lowest BCUT2D eigenvalue weighted by atomic mass is 9.85. The Bertz CT molecular complexity index is 3170. The molecule has 0 amide bonds. The monoisotopic (exact) mass is 874 g/mol. The van der Waals surface area contributed by atoms with Crippen LogP contribution in [0.1, 0.15) is 43.2 Å². The third kappa shape index (κ3) is 9.14. The first kappa shape index (κ1) is 42.4. The molecule has 1 unspecified atom stereocenters. The van der Waals surface area contributed by atoms with Gasteiger partial charge >= 0.3 is 0 Å². The zero-order valence-corrected chi connectivity index (χ0v) is 38.3. The van der Waals surface area contributed by atoms with E-state index < -0.39 is 0 Å². The largest absolute Gasteiger partial charge is 0.314 e. The third-order valence-corrected chi connectivity index (χ3v) is 13.6. The van der Waals surface area contributed by atoms with Crippen molar-refractivity contribution in [1.82, 2.24) is 0 Å². The maximum Gasteiger partial charge on any atom is 0.0461 e. The fraction of sp³-hybridized carbons (Fsp3) is 0.0909. The van der Waals surface area contributed by atoms with Crippen molar-refractivity contribution >= 4 is 33.9 Å². The van der Waals surface area contributed by atoms with Gasteiger partial charge in [-0.3, -0.25) is 0 Å². The molecule has 0 aromatic heterocycles. The highest BCUT2D eigenvalue weighted by molar-refractivity contribution is 5.98. The molecule has 328 valence electrons. The molecule has 0 fully saturated rings. The smallest absolute Gasteiger partial charge is 0.0461 e. The summed E-state index contributed by atoms with van der Waals surface area (Å²) in [5.41, 5.74) is 20.9. The maximum atomic E-state index is 2.45. The molecule has 0 saturated heterocycles. The van der Waals surface area contributed by atoms with Crippen molar-refractivity contribution in [3.05, 3.63) is 289 Å². The van der Waals surface area contributed by atoms with Gasteiger partial charge in [0.05, 0.1) is 0 Å². The van der Waals surface area contributed by atoms with E-state index in [4.69, 9.17) is 0 Å². The molecule has 8 aromatic rings. The number of hydrogen-bond donors (Lipinski definition) is 0. The Balaban J connectivity index is 0.921. The van der Waals surface area contributed by atoms with Gasteiger partial charge in [-0.05, 0) is 154 Å². The Morgan fingerprint density at radius 3 is 1.29 bits per heavy atom. The molecule has 0 spiro atoms. The van der Waals surface area contributed by atoms with Gasteiger partial charge < -0.3 is 9.80 Å². The average Bonchev–Trinajstić information content (AvgIpc) is 3.43. The molecular formula is C66H54N2. The molecule has 0 heterocycles. The van der Waals surface area contributed by atoms with E-state index >= 15 is 0 Å². The number of allylic oxidation sites excluding steroid dienone is 11. The fourth-order valence-corrected chi connectivity index (χ4v) is 10.0. The van der Waals surface area contributed by atoms with Gasteiger partial charge in [0.1, 0.15) is 0 Å². The minimum Gasteiger partial charge on any atom is -0.314 e. The van der Waals surface area contributed by atoms with E-state index in [1.807, 2.05) is 0 Å². The Kier molecular flexibility index (Phi) is 12.3. The Morgan fingerprint density at radius 1 is 0.353 bits per heavy atom. The fourth-order valence-electron chi connectivity index (χ4n) is 10.0. The van der Waals surface area contributed by atoms with Gasteiger partial charge in [-0.2, -0.15) is 0 Å². The first-order chi connectivity index (χ1) is 33.7. The number of rotatable bonds is 12. The van der Waals surface area contributed by atoms with Gasteiger partial charge in [0.15, 0.2) is 0 Å². The number of anilines is 4. The summed E-state index contributed by atoms with van der Waals surface area (Å²) in [7, 11) is 0. The summed E-state index contributed by atoms with van der Waals surface area (Å²) in [5.74, 6) is 0.435. The van der Waals surface area contributed by atoms with E-state index in [1.54, 1.807) is 0 Å².